The highest BCUT2D eigenvalue weighted by molar-refractivity contribution is 5.74. The summed E-state index contributed by atoms with van der Waals surface area (Å²) in [6.07, 6.45) is 0.563. The molecule has 0 aliphatic carbocycles. The Balaban J connectivity index is 1.59. The second-order valence-corrected chi connectivity index (χ2v) is 7.05. The quantitative estimate of drug-likeness (QED) is 0.857. The summed E-state index contributed by atoms with van der Waals surface area (Å²) in [7, 11) is 0. The predicted octanol–water partition coefficient (Wildman–Crippen LogP) is 3.09. The minimum atomic E-state index is -4.10. The van der Waals surface area contributed by atoms with E-state index in [1.807, 2.05) is 4.90 Å². The van der Waals surface area contributed by atoms with Crippen molar-refractivity contribution < 1.29 is 18.0 Å². The van der Waals surface area contributed by atoms with Crippen LogP contribution in [0.3, 0.4) is 0 Å². The van der Waals surface area contributed by atoms with Gasteiger partial charge in [0.05, 0.1) is 6.54 Å². The van der Waals surface area contributed by atoms with Crippen molar-refractivity contribution in [1.29, 1.82) is 0 Å². The molecular formula is C16H28F3N3O. The van der Waals surface area contributed by atoms with Crippen LogP contribution < -0.4 is 5.32 Å². The molecule has 2 amide bonds. The summed E-state index contributed by atoms with van der Waals surface area (Å²) >= 11 is 0. The average Bonchev–Trinajstić information content (AvgIpc) is 2.47. The molecule has 1 N–H and O–H groups in total. The molecule has 0 bridgehead atoms. The summed E-state index contributed by atoms with van der Waals surface area (Å²) in [4.78, 5) is 15.4. The third-order valence-electron chi connectivity index (χ3n) is 4.88. The van der Waals surface area contributed by atoms with Crippen LogP contribution in [0.15, 0.2) is 0 Å². The molecule has 1 atom stereocenters. The molecule has 23 heavy (non-hydrogen) atoms. The lowest BCUT2D eigenvalue weighted by Gasteiger charge is -2.33. The number of likely N-dealkylation sites (tertiary alicyclic amines) is 2. The summed E-state index contributed by atoms with van der Waals surface area (Å²) < 4.78 is 37.0. The Morgan fingerprint density at radius 1 is 1.17 bits per heavy atom. The van der Waals surface area contributed by atoms with Crippen LogP contribution >= 0.6 is 0 Å². The Morgan fingerprint density at radius 2 is 1.87 bits per heavy atom. The normalized spacial score (nSPS) is 24.7. The van der Waals surface area contributed by atoms with Crippen molar-refractivity contribution in [3.8, 4) is 0 Å². The summed E-state index contributed by atoms with van der Waals surface area (Å²) in [5.74, 6) is 0.979. The summed E-state index contributed by atoms with van der Waals surface area (Å²) in [5, 5.41) is 2.96. The first-order valence-corrected chi connectivity index (χ1v) is 8.65. The second-order valence-electron chi connectivity index (χ2n) is 7.05. The highest BCUT2D eigenvalue weighted by Gasteiger charge is 2.32. The minimum Gasteiger partial charge on any atom is -0.338 e. The molecule has 2 heterocycles. The number of alkyl halides is 3. The molecule has 7 heteroatoms. The molecule has 0 aromatic heterocycles. The SMILES string of the molecule is C[C@H]1CCCN(C(=O)NCCC2CCN(CC(F)(F)F)CC2)C1. The van der Waals surface area contributed by atoms with Crippen molar-refractivity contribution in [2.24, 2.45) is 11.8 Å². The number of carbonyl (C=O) groups excluding carboxylic acids is 1. The zero-order chi connectivity index (χ0) is 16.9. The number of nitrogens with zero attached hydrogens (tertiary/aromatic N) is 2. The maximum Gasteiger partial charge on any atom is 0.401 e. The lowest BCUT2D eigenvalue weighted by molar-refractivity contribution is -0.148. The van der Waals surface area contributed by atoms with Crippen LogP contribution in [0.4, 0.5) is 18.0 Å². The molecule has 4 nitrogen and oxygen atoms in total. The van der Waals surface area contributed by atoms with Crippen molar-refractivity contribution in [3.05, 3.63) is 0 Å². The summed E-state index contributed by atoms with van der Waals surface area (Å²) in [6.45, 7) is 4.63. The third kappa shape index (κ3) is 6.57. The first-order valence-electron chi connectivity index (χ1n) is 8.65. The van der Waals surface area contributed by atoms with Crippen LogP contribution in [0.1, 0.15) is 39.0 Å². The van der Waals surface area contributed by atoms with Crippen molar-refractivity contribution in [2.75, 3.05) is 39.3 Å². The van der Waals surface area contributed by atoms with E-state index in [-0.39, 0.29) is 6.03 Å². The number of hydrogen-bond acceptors (Lipinski definition) is 2. The first kappa shape index (κ1) is 18.4. The van der Waals surface area contributed by atoms with Crippen LogP contribution in [0.5, 0.6) is 0 Å². The Kier molecular flexibility index (Phi) is 6.56. The number of urea groups is 1. The number of halogens is 3. The van der Waals surface area contributed by atoms with Gasteiger partial charge in [0.1, 0.15) is 0 Å². The van der Waals surface area contributed by atoms with Crippen LogP contribution in [-0.4, -0.2) is 61.3 Å². The van der Waals surface area contributed by atoms with Gasteiger partial charge in [0, 0.05) is 19.6 Å². The Morgan fingerprint density at radius 3 is 2.48 bits per heavy atom. The van der Waals surface area contributed by atoms with E-state index in [4.69, 9.17) is 0 Å². The van der Waals surface area contributed by atoms with Crippen LogP contribution in [-0.2, 0) is 0 Å². The van der Waals surface area contributed by atoms with Gasteiger partial charge in [0.15, 0.2) is 0 Å². The fourth-order valence-corrected chi connectivity index (χ4v) is 3.56. The lowest BCUT2D eigenvalue weighted by atomic mass is 9.93. The van der Waals surface area contributed by atoms with Crippen LogP contribution in [0.25, 0.3) is 0 Å². The predicted molar refractivity (Wildman–Crippen MR) is 83.2 cm³/mol. The fourth-order valence-electron chi connectivity index (χ4n) is 3.56. The Labute approximate surface area is 136 Å². The number of hydrogen-bond donors (Lipinski definition) is 1. The van der Waals surface area contributed by atoms with Gasteiger partial charge in [-0.1, -0.05) is 6.92 Å². The van der Waals surface area contributed by atoms with Gasteiger partial charge in [0.2, 0.25) is 0 Å². The van der Waals surface area contributed by atoms with Gasteiger partial charge in [-0.15, -0.1) is 0 Å². The summed E-state index contributed by atoms with van der Waals surface area (Å²) in [5.41, 5.74) is 0. The van der Waals surface area contributed by atoms with E-state index in [0.717, 1.165) is 38.8 Å². The average molecular weight is 335 g/mol. The molecule has 2 aliphatic heterocycles. The molecule has 0 saturated carbocycles. The van der Waals surface area contributed by atoms with Gasteiger partial charge in [-0.25, -0.2) is 4.79 Å². The Bertz CT molecular complexity index is 381. The molecule has 2 saturated heterocycles. The van der Waals surface area contributed by atoms with Gasteiger partial charge in [-0.2, -0.15) is 13.2 Å². The molecule has 0 aromatic carbocycles. The van der Waals surface area contributed by atoms with Crippen molar-refractivity contribution >= 4 is 6.03 Å². The highest BCUT2D eigenvalue weighted by Crippen LogP contribution is 2.24. The zero-order valence-electron chi connectivity index (χ0n) is 13.9. The molecule has 2 aliphatic rings. The van der Waals surface area contributed by atoms with E-state index in [9.17, 15) is 18.0 Å². The standard InChI is InChI=1S/C16H28F3N3O/c1-13-3-2-8-22(11-13)15(23)20-7-4-14-5-9-21(10-6-14)12-16(17,18)19/h13-14H,2-12H2,1H3,(H,20,23)/t13-/m0/s1. The fraction of sp³-hybridized carbons (Fsp3) is 0.938. The van der Waals surface area contributed by atoms with Crippen LogP contribution in [0.2, 0.25) is 0 Å². The summed E-state index contributed by atoms with van der Waals surface area (Å²) in [6, 6.07) is 0.00561. The molecule has 2 fully saturated rings. The Hall–Kier alpha value is -0.980. The molecular weight excluding hydrogens is 307 g/mol. The van der Waals surface area contributed by atoms with E-state index < -0.39 is 12.7 Å². The van der Waals surface area contributed by atoms with E-state index in [1.165, 1.54) is 11.3 Å². The number of nitrogens with one attached hydrogen (secondary N) is 1. The molecule has 2 rings (SSSR count). The highest BCUT2D eigenvalue weighted by atomic mass is 19.4. The smallest absolute Gasteiger partial charge is 0.338 e. The number of amides is 2. The maximum atomic E-state index is 12.3. The van der Waals surface area contributed by atoms with Gasteiger partial charge < -0.3 is 10.2 Å². The number of carbonyl (C=O) groups is 1. The van der Waals surface area contributed by atoms with Gasteiger partial charge in [0.25, 0.3) is 0 Å². The lowest BCUT2D eigenvalue weighted by Crippen LogP contribution is -2.45. The van der Waals surface area contributed by atoms with E-state index in [0.29, 0.717) is 31.5 Å². The van der Waals surface area contributed by atoms with Crippen molar-refractivity contribution in [2.45, 2.75) is 45.2 Å². The van der Waals surface area contributed by atoms with Crippen LogP contribution in [0, 0.1) is 11.8 Å². The van der Waals surface area contributed by atoms with Gasteiger partial charge in [-0.05, 0) is 57.0 Å². The monoisotopic (exact) mass is 335 g/mol. The van der Waals surface area contributed by atoms with E-state index >= 15 is 0 Å². The molecule has 0 radical (unpaired) electrons. The zero-order valence-corrected chi connectivity index (χ0v) is 13.9. The van der Waals surface area contributed by atoms with Gasteiger partial charge >= 0.3 is 12.2 Å². The third-order valence-corrected chi connectivity index (χ3v) is 4.88. The van der Waals surface area contributed by atoms with E-state index in [1.54, 1.807) is 0 Å². The maximum absolute atomic E-state index is 12.3. The molecule has 134 valence electrons. The number of piperidine rings is 2. The largest absolute Gasteiger partial charge is 0.401 e. The van der Waals surface area contributed by atoms with Crippen molar-refractivity contribution in [1.82, 2.24) is 15.1 Å². The number of rotatable bonds is 4. The van der Waals surface area contributed by atoms with Crippen molar-refractivity contribution in [3.63, 3.8) is 0 Å². The first-order chi connectivity index (χ1) is 10.8. The molecule has 0 aromatic rings. The minimum absolute atomic E-state index is 0.00561. The molecule has 0 unspecified atom stereocenters. The topological polar surface area (TPSA) is 35.6 Å². The van der Waals surface area contributed by atoms with E-state index in [2.05, 4.69) is 12.2 Å². The van der Waals surface area contributed by atoms with Gasteiger partial charge in [-0.3, -0.25) is 4.90 Å². The molecule has 0 spiro atoms. The second kappa shape index (κ2) is 8.22.